The first-order chi connectivity index (χ1) is 12.5. The SMILES string of the molecule is CCc1c(Cl)cc(C(=O)N(N)C(C)(C)C)cc1Cl.Cl.Cl.O=C(Cl)c1ccccc1. The van der Waals surface area contributed by atoms with Crippen LogP contribution in [0.1, 0.15) is 54.0 Å². The lowest BCUT2D eigenvalue weighted by Gasteiger charge is -2.31. The molecule has 0 bridgehead atoms. The van der Waals surface area contributed by atoms with Crippen molar-refractivity contribution >= 4 is 70.8 Å². The molecule has 2 aromatic carbocycles. The highest BCUT2D eigenvalue weighted by Gasteiger charge is 2.25. The molecule has 0 aromatic heterocycles. The van der Waals surface area contributed by atoms with Gasteiger partial charge in [-0.3, -0.25) is 14.6 Å². The Morgan fingerprint density at radius 2 is 1.41 bits per heavy atom. The van der Waals surface area contributed by atoms with Gasteiger partial charge in [-0.15, -0.1) is 24.8 Å². The molecule has 0 radical (unpaired) electrons. The van der Waals surface area contributed by atoms with Crippen LogP contribution in [0.2, 0.25) is 10.0 Å². The number of nitrogens with zero attached hydrogens (tertiary/aromatic N) is 1. The lowest BCUT2D eigenvalue weighted by atomic mass is 10.0. The zero-order valence-corrected chi connectivity index (χ0v) is 20.4. The monoisotopic (exact) mass is 500 g/mol. The molecule has 2 aromatic rings. The Morgan fingerprint density at radius 1 is 0.966 bits per heavy atom. The number of nitrogens with two attached hydrogens (primary N) is 1. The minimum Gasteiger partial charge on any atom is -0.276 e. The molecule has 0 spiro atoms. The van der Waals surface area contributed by atoms with E-state index >= 15 is 0 Å². The van der Waals surface area contributed by atoms with Crippen molar-refractivity contribution in [2.45, 2.75) is 39.7 Å². The number of hydrazine groups is 1. The summed E-state index contributed by atoms with van der Waals surface area (Å²) in [5.41, 5.74) is 1.33. The van der Waals surface area contributed by atoms with E-state index in [9.17, 15) is 9.59 Å². The van der Waals surface area contributed by atoms with Gasteiger partial charge < -0.3 is 0 Å². The number of carbonyl (C=O) groups is 2. The fourth-order valence-corrected chi connectivity index (χ4v) is 2.96. The first-order valence-electron chi connectivity index (χ1n) is 8.31. The van der Waals surface area contributed by atoms with Crippen LogP contribution in [0.4, 0.5) is 0 Å². The predicted octanol–water partition coefficient (Wildman–Crippen LogP) is 6.58. The molecule has 9 heteroatoms. The first-order valence-corrected chi connectivity index (χ1v) is 9.44. The molecule has 0 aliphatic heterocycles. The van der Waals surface area contributed by atoms with Crippen LogP contribution in [-0.4, -0.2) is 21.7 Å². The maximum absolute atomic E-state index is 12.2. The summed E-state index contributed by atoms with van der Waals surface area (Å²) in [5, 5.41) is 1.77. The molecule has 0 atom stereocenters. The molecule has 2 rings (SSSR count). The molecule has 0 aliphatic rings. The highest BCUT2D eigenvalue weighted by molar-refractivity contribution is 6.67. The van der Waals surface area contributed by atoms with Gasteiger partial charge in [-0.2, -0.15) is 0 Å². The molecule has 0 heterocycles. The van der Waals surface area contributed by atoms with E-state index in [0.29, 0.717) is 21.2 Å². The van der Waals surface area contributed by atoms with Gasteiger partial charge in [0.15, 0.2) is 0 Å². The quantitative estimate of drug-likeness (QED) is 0.223. The highest BCUT2D eigenvalue weighted by Crippen LogP contribution is 2.28. The fraction of sp³-hybridized carbons (Fsp3) is 0.300. The van der Waals surface area contributed by atoms with Gasteiger partial charge in [0, 0.05) is 21.2 Å². The van der Waals surface area contributed by atoms with E-state index in [-0.39, 0.29) is 30.7 Å². The summed E-state index contributed by atoms with van der Waals surface area (Å²) in [6, 6.07) is 12.0. The van der Waals surface area contributed by atoms with Crippen LogP contribution in [0.15, 0.2) is 42.5 Å². The van der Waals surface area contributed by atoms with Crippen LogP contribution in [-0.2, 0) is 6.42 Å². The van der Waals surface area contributed by atoms with E-state index in [1.54, 1.807) is 36.4 Å². The average Bonchev–Trinajstić information content (AvgIpc) is 2.60. The standard InChI is InChI=1S/C13H18Cl2N2O.C7H5ClO.2ClH/c1-5-9-10(14)6-8(7-11(9)15)12(18)17(16)13(2,3)4;8-7(9)6-4-2-1-3-5-6;;/h6-7H,5,16H2,1-4H3;1-5H;2*1H. The Labute approximate surface area is 199 Å². The van der Waals surface area contributed by atoms with Crippen molar-refractivity contribution in [2.75, 3.05) is 0 Å². The van der Waals surface area contributed by atoms with Crippen LogP contribution in [0.5, 0.6) is 0 Å². The number of halogens is 5. The van der Waals surface area contributed by atoms with Gasteiger partial charge in [0.1, 0.15) is 0 Å². The van der Waals surface area contributed by atoms with E-state index < -0.39 is 10.8 Å². The second-order valence-corrected chi connectivity index (χ2v) is 7.92. The second-order valence-electron chi connectivity index (χ2n) is 6.76. The van der Waals surface area contributed by atoms with Gasteiger partial charge >= 0.3 is 0 Å². The Hall–Kier alpha value is -1.01. The Kier molecular flexibility index (Phi) is 13.9. The van der Waals surface area contributed by atoms with Crippen LogP contribution in [0, 0.1) is 0 Å². The van der Waals surface area contributed by atoms with Gasteiger partial charge in [0.2, 0.25) is 0 Å². The third-order valence-corrected chi connectivity index (χ3v) is 4.58. The van der Waals surface area contributed by atoms with Crippen LogP contribution < -0.4 is 5.84 Å². The van der Waals surface area contributed by atoms with E-state index in [1.165, 1.54) is 5.01 Å². The van der Waals surface area contributed by atoms with Crippen molar-refractivity contribution in [3.63, 3.8) is 0 Å². The molecule has 162 valence electrons. The van der Waals surface area contributed by atoms with Crippen LogP contribution >= 0.6 is 59.6 Å². The van der Waals surface area contributed by atoms with Crippen molar-refractivity contribution in [3.05, 3.63) is 69.2 Å². The Bertz CT molecular complexity index is 785. The van der Waals surface area contributed by atoms with Gasteiger partial charge in [0.25, 0.3) is 11.1 Å². The Balaban J connectivity index is 0. The molecule has 4 nitrogen and oxygen atoms in total. The van der Waals surface area contributed by atoms with E-state index in [0.717, 1.165) is 12.0 Å². The minimum absolute atomic E-state index is 0. The second kappa shape index (κ2) is 13.3. The lowest BCUT2D eigenvalue weighted by molar-refractivity contribution is 0.0581. The number of amides is 1. The van der Waals surface area contributed by atoms with Gasteiger partial charge in [-0.1, -0.05) is 60.5 Å². The number of benzene rings is 2. The third-order valence-electron chi connectivity index (χ3n) is 3.68. The van der Waals surface area contributed by atoms with E-state index in [4.69, 9.17) is 40.6 Å². The number of hydrogen-bond donors (Lipinski definition) is 1. The normalized spacial score (nSPS) is 9.93. The molecular weight excluding hydrogens is 477 g/mol. The maximum atomic E-state index is 12.2. The number of hydrogen-bond acceptors (Lipinski definition) is 3. The minimum atomic E-state index is -0.459. The fourth-order valence-electron chi connectivity index (χ4n) is 2.08. The smallest absolute Gasteiger partial charge is 0.268 e. The summed E-state index contributed by atoms with van der Waals surface area (Å²) in [4.78, 5) is 22.6. The molecule has 29 heavy (non-hydrogen) atoms. The van der Waals surface area contributed by atoms with E-state index in [2.05, 4.69) is 0 Å². The summed E-state index contributed by atoms with van der Waals surface area (Å²) in [7, 11) is 0. The van der Waals surface area contributed by atoms with Crippen molar-refractivity contribution < 1.29 is 9.59 Å². The van der Waals surface area contributed by atoms with Crippen molar-refractivity contribution in [1.82, 2.24) is 5.01 Å². The Morgan fingerprint density at radius 3 is 1.72 bits per heavy atom. The molecular formula is C20H25Cl5N2O2. The molecule has 0 fully saturated rings. The average molecular weight is 503 g/mol. The molecule has 0 saturated carbocycles. The van der Waals surface area contributed by atoms with Crippen molar-refractivity contribution in [2.24, 2.45) is 5.84 Å². The largest absolute Gasteiger partial charge is 0.276 e. The number of carbonyl (C=O) groups excluding carboxylic acids is 2. The number of rotatable bonds is 3. The topological polar surface area (TPSA) is 63.4 Å². The van der Waals surface area contributed by atoms with Gasteiger partial charge in [0.05, 0.1) is 5.54 Å². The molecule has 0 saturated heterocycles. The summed E-state index contributed by atoms with van der Waals surface area (Å²) < 4.78 is 0. The molecule has 0 aliphatic carbocycles. The molecule has 1 amide bonds. The lowest BCUT2D eigenvalue weighted by Crippen LogP contribution is -2.50. The zero-order valence-electron chi connectivity index (χ0n) is 16.5. The summed E-state index contributed by atoms with van der Waals surface area (Å²) in [6.07, 6.45) is 0.720. The predicted molar refractivity (Wildman–Crippen MR) is 127 cm³/mol. The molecule has 0 unspecified atom stereocenters. The maximum Gasteiger partial charge on any atom is 0.268 e. The first kappa shape index (κ1) is 30.2. The van der Waals surface area contributed by atoms with Crippen molar-refractivity contribution in [1.29, 1.82) is 0 Å². The van der Waals surface area contributed by atoms with Crippen LogP contribution in [0.3, 0.4) is 0 Å². The third kappa shape index (κ3) is 9.12. The molecule has 2 N–H and O–H groups in total. The van der Waals surface area contributed by atoms with E-state index in [1.807, 2.05) is 33.8 Å². The highest BCUT2D eigenvalue weighted by atomic mass is 35.5. The zero-order chi connectivity index (χ0) is 20.8. The van der Waals surface area contributed by atoms with Gasteiger partial charge in [-0.25, -0.2) is 5.84 Å². The van der Waals surface area contributed by atoms with Gasteiger partial charge in [-0.05, 0) is 56.5 Å². The summed E-state index contributed by atoms with van der Waals surface area (Å²) >= 11 is 17.4. The van der Waals surface area contributed by atoms with Crippen molar-refractivity contribution in [3.8, 4) is 0 Å². The summed E-state index contributed by atoms with van der Waals surface area (Å²) in [5.74, 6) is 5.50. The summed E-state index contributed by atoms with van der Waals surface area (Å²) in [6.45, 7) is 7.52. The van der Waals surface area contributed by atoms with Crippen LogP contribution in [0.25, 0.3) is 0 Å².